The molecule has 0 radical (unpaired) electrons. The van der Waals surface area contributed by atoms with E-state index in [1.54, 1.807) is 6.07 Å². The Bertz CT molecular complexity index is 342. The highest BCUT2D eigenvalue weighted by molar-refractivity contribution is 6.31. The largest absolute Gasteiger partial charge is 0.294 e. The second kappa shape index (κ2) is 3.93. The molecular formula is C11H13ClO. The lowest BCUT2D eigenvalue weighted by Crippen LogP contribution is -2.01. The third-order valence-electron chi connectivity index (χ3n) is 2.25. The minimum atomic E-state index is 0.156. The monoisotopic (exact) mass is 196 g/mol. The molecule has 1 nitrogen and oxygen atoms in total. The normalized spacial score (nSPS) is 10.2. The van der Waals surface area contributed by atoms with Gasteiger partial charge in [0.25, 0.3) is 0 Å². The topological polar surface area (TPSA) is 17.1 Å². The van der Waals surface area contributed by atoms with Crippen LogP contribution in [0.2, 0.25) is 5.02 Å². The molecule has 0 N–H and O–H groups in total. The third-order valence-corrected chi connectivity index (χ3v) is 2.47. The Labute approximate surface area is 83.7 Å². The van der Waals surface area contributed by atoms with Gasteiger partial charge in [-0.15, -0.1) is 0 Å². The zero-order chi connectivity index (χ0) is 10.0. The maximum absolute atomic E-state index is 11.5. The van der Waals surface area contributed by atoms with Gasteiger partial charge >= 0.3 is 0 Å². The molecule has 1 rings (SSSR count). The summed E-state index contributed by atoms with van der Waals surface area (Å²) in [5.74, 6) is 0.156. The molecule has 0 aromatic heterocycles. The van der Waals surface area contributed by atoms with E-state index >= 15 is 0 Å². The molecule has 0 saturated carbocycles. The molecule has 1 aromatic carbocycles. The number of rotatable bonds is 2. The van der Waals surface area contributed by atoms with Gasteiger partial charge in [-0.1, -0.05) is 18.5 Å². The van der Waals surface area contributed by atoms with Crippen LogP contribution in [0.5, 0.6) is 0 Å². The van der Waals surface area contributed by atoms with Crippen molar-refractivity contribution in [3.05, 3.63) is 33.8 Å². The van der Waals surface area contributed by atoms with Gasteiger partial charge in [-0.2, -0.15) is 0 Å². The summed E-state index contributed by atoms with van der Waals surface area (Å²) in [5.41, 5.74) is 2.87. The number of carbonyl (C=O) groups excluding carboxylic acids is 1. The summed E-state index contributed by atoms with van der Waals surface area (Å²) in [6.45, 7) is 5.78. The first-order valence-corrected chi connectivity index (χ1v) is 4.74. The number of aryl methyl sites for hydroxylation is 1. The summed E-state index contributed by atoms with van der Waals surface area (Å²) >= 11 is 5.87. The number of Topliss-reactive ketones (excluding diaryl/α,β-unsaturated/α-hetero) is 1. The second-order valence-electron chi connectivity index (χ2n) is 3.17. The summed E-state index contributed by atoms with van der Waals surface area (Å²) in [5, 5.41) is 0.639. The van der Waals surface area contributed by atoms with Crippen molar-refractivity contribution >= 4 is 17.4 Å². The molecule has 2 heteroatoms. The number of carbonyl (C=O) groups is 1. The molecule has 0 unspecified atom stereocenters. The number of ketones is 1. The average molecular weight is 197 g/mol. The number of hydrogen-bond donors (Lipinski definition) is 0. The molecule has 0 heterocycles. The van der Waals surface area contributed by atoms with Gasteiger partial charge in [0.1, 0.15) is 0 Å². The number of halogens is 1. The van der Waals surface area contributed by atoms with Gasteiger partial charge in [0.2, 0.25) is 0 Å². The molecule has 0 atom stereocenters. The van der Waals surface area contributed by atoms with Gasteiger partial charge < -0.3 is 0 Å². The summed E-state index contributed by atoms with van der Waals surface area (Å²) < 4.78 is 0. The van der Waals surface area contributed by atoms with Crippen molar-refractivity contribution in [3.8, 4) is 0 Å². The lowest BCUT2D eigenvalue weighted by Gasteiger charge is -2.07. The highest BCUT2D eigenvalue weighted by atomic mass is 35.5. The number of benzene rings is 1. The van der Waals surface area contributed by atoms with E-state index in [9.17, 15) is 4.79 Å². The first kappa shape index (κ1) is 10.3. The van der Waals surface area contributed by atoms with Crippen molar-refractivity contribution < 1.29 is 4.79 Å². The molecule has 0 saturated heterocycles. The van der Waals surface area contributed by atoms with Crippen molar-refractivity contribution in [1.29, 1.82) is 0 Å². The van der Waals surface area contributed by atoms with Gasteiger partial charge in [0, 0.05) is 17.0 Å². The predicted octanol–water partition coefficient (Wildman–Crippen LogP) is 3.55. The molecule has 0 fully saturated rings. The van der Waals surface area contributed by atoms with Crippen LogP contribution in [0.15, 0.2) is 12.1 Å². The summed E-state index contributed by atoms with van der Waals surface area (Å²) in [6, 6.07) is 3.62. The maximum atomic E-state index is 11.5. The Morgan fingerprint density at radius 1 is 1.38 bits per heavy atom. The first-order valence-electron chi connectivity index (χ1n) is 4.36. The fraction of sp³-hybridized carbons (Fsp3) is 0.364. The van der Waals surface area contributed by atoms with Crippen LogP contribution in [-0.2, 0) is 0 Å². The van der Waals surface area contributed by atoms with E-state index < -0.39 is 0 Å². The molecule has 13 heavy (non-hydrogen) atoms. The molecular weight excluding hydrogens is 184 g/mol. The number of hydrogen-bond acceptors (Lipinski definition) is 1. The van der Waals surface area contributed by atoms with Gasteiger partial charge in [0.05, 0.1) is 0 Å². The SMILES string of the molecule is CCC(=O)c1cc(Cl)cc(C)c1C. The van der Waals surface area contributed by atoms with E-state index in [-0.39, 0.29) is 5.78 Å². The summed E-state index contributed by atoms with van der Waals surface area (Å²) in [7, 11) is 0. The van der Waals surface area contributed by atoms with Crippen LogP contribution < -0.4 is 0 Å². The molecule has 0 bridgehead atoms. The van der Waals surface area contributed by atoms with Crippen LogP contribution >= 0.6 is 11.6 Å². The zero-order valence-corrected chi connectivity index (χ0v) is 8.90. The van der Waals surface area contributed by atoms with Gasteiger partial charge in [-0.3, -0.25) is 4.79 Å². The van der Waals surface area contributed by atoms with Gasteiger partial charge in [0.15, 0.2) is 5.78 Å². The van der Waals surface area contributed by atoms with Crippen LogP contribution in [0.4, 0.5) is 0 Å². The van der Waals surface area contributed by atoms with E-state index in [0.717, 1.165) is 16.7 Å². The average Bonchev–Trinajstić information content (AvgIpc) is 2.10. The van der Waals surface area contributed by atoms with Crippen molar-refractivity contribution in [3.63, 3.8) is 0 Å². The Kier molecular flexibility index (Phi) is 3.10. The van der Waals surface area contributed by atoms with Gasteiger partial charge in [-0.05, 0) is 37.1 Å². The molecule has 0 aliphatic carbocycles. The molecule has 1 aromatic rings. The minimum absolute atomic E-state index is 0.156. The first-order chi connectivity index (χ1) is 6.06. The Balaban J connectivity index is 3.28. The highest BCUT2D eigenvalue weighted by Crippen LogP contribution is 2.20. The Morgan fingerprint density at radius 2 is 2.00 bits per heavy atom. The second-order valence-corrected chi connectivity index (χ2v) is 3.61. The van der Waals surface area contributed by atoms with Crippen molar-refractivity contribution in [1.82, 2.24) is 0 Å². The van der Waals surface area contributed by atoms with Crippen molar-refractivity contribution in [2.75, 3.05) is 0 Å². The van der Waals surface area contributed by atoms with Crippen LogP contribution in [0.3, 0.4) is 0 Å². The lowest BCUT2D eigenvalue weighted by molar-refractivity contribution is 0.0987. The lowest BCUT2D eigenvalue weighted by atomic mass is 9.99. The third kappa shape index (κ3) is 2.10. The fourth-order valence-electron chi connectivity index (χ4n) is 1.30. The molecule has 70 valence electrons. The summed E-state index contributed by atoms with van der Waals surface area (Å²) in [4.78, 5) is 11.5. The molecule has 0 aliphatic heterocycles. The Hall–Kier alpha value is -0.820. The van der Waals surface area contributed by atoms with E-state index in [0.29, 0.717) is 11.4 Å². The predicted molar refractivity (Wildman–Crippen MR) is 55.5 cm³/mol. The minimum Gasteiger partial charge on any atom is -0.294 e. The van der Waals surface area contributed by atoms with E-state index in [4.69, 9.17) is 11.6 Å². The van der Waals surface area contributed by atoms with Crippen molar-refractivity contribution in [2.45, 2.75) is 27.2 Å². The highest BCUT2D eigenvalue weighted by Gasteiger charge is 2.09. The fourth-order valence-corrected chi connectivity index (χ4v) is 1.57. The smallest absolute Gasteiger partial charge is 0.162 e. The van der Waals surface area contributed by atoms with Crippen LogP contribution in [0.25, 0.3) is 0 Å². The van der Waals surface area contributed by atoms with Crippen molar-refractivity contribution in [2.24, 2.45) is 0 Å². The standard InChI is InChI=1S/C11H13ClO/c1-4-11(13)10-6-9(12)5-7(2)8(10)3/h5-6H,4H2,1-3H3. The summed E-state index contributed by atoms with van der Waals surface area (Å²) in [6.07, 6.45) is 0.528. The van der Waals surface area contributed by atoms with Crippen LogP contribution in [0.1, 0.15) is 34.8 Å². The zero-order valence-electron chi connectivity index (χ0n) is 8.15. The molecule has 0 spiro atoms. The molecule has 0 aliphatic rings. The maximum Gasteiger partial charge on any atom is 0.162 e. The van der Waals surface area contributed by atoms with Crippen LogP contribution in [-0.4, -0.2) is 5.78 Å². The van der Waals surface area contributed by atoms with E-state index in [2.05, 4.69) is 0 Å². The van der Waals surface area contributed by atoms with E-state index in [1.807, 2.05) is 26.8 Å². The van der Waals surface area contributed by atoms with Gasteiger partial charge in [-0.25, -0.2) is 0 Å². The quantitative estimate of drug-likeness (QED) is 0.662. The Morgan fingerprint density at radius 3 is 2.54 bits per heavy atom. The van der Waals surface area contributed by atoms with E-state index in [1.165, 1.54) is 0 Å². The van der Waals surface area contributed by atoms with Crippen LogP contribution in [0, 0.1) is 13.8 Å². The molecule has 0 amide bonds.